The molecule has 0 aromatic carbocycles. The van der Waals surface area contributed by atoms with Gasteiger partial charge in [0.05, 0.1) is 17.8 Å². The molecule has 3 atom stereocenters. The molecule has 3 rings (SSSR count). The second-order valence-corrected chi connectivity index (χ2v) is 5.44. The topological polar surface area (TPSA) is 67.4 Å². The van der Waals surface area contributed by atoms with Crippen molar-refractivity contribution in [2.24, 2.45) is 0 Å². The van der Waals surface area contributed by atoms with Crippen molar-refractivity contribution in [2.45, 2.75) is 44.4 Å². The highest BCUT2D eigenvalue weighted by molar-refractivity contribution is 5.80. The number of rotatable bonds is 2. The zero-order valence-electron chi connectivity index (χ0n) is 11.9. The lowest BCUT2D eigenvalue weighted by Gasteiger charge is -2.35. The van der Waals surface area contributed by atoms with Gasteiger partial charge in [-0.25, -0.2) is 0 Å². The second kappa shape index (κ2) is 5.36. The molecule has 2 fully saturated rings. The molecule has 0 saturated carbocycles. The molecule has 1 aromatic heterocycles. The third-order valence-corrected chi connectivity index (χ3v) is 4.16. The smallest absolute Gasteiger partial charge is 0.248 e. The van der Waals surface area contributed by atoms with E-state index in [1.54, 1.807) is 7.05 Å². The summed E-state index contributed by atoms with van der Waals surface area (Å²) in [5, 5.41) is 11.0. The van der Waals surface area contributed by atoms with Gasteiger partial charge in [-0.2, -0.15) is 5.10 Å². The first kappa shape index (κ1) is 13.3. The van der Waals surface area contributed by atoms with Gasteiger partial charge in [0.15, 0.2) is 5.82 Å². The van der Waals surface area contributed by atoms with Gasteiger partial charge in [0, 0.05) is 13.6 Å². The molecular weight excluding hydrogens is 256 g/mol. The number of hydrogen-bond acceptors (Lipinski definition) is 5. The molecule has 0 spiro atoms. The Morgan fingerprint density at radius 2 is 2.20 bits per heavy atom. The summed E-state index contributed by atoms with van der Waals surface area (Å²) in [7, 11) is 1.65. The number of carbonyl (C=O) groups excluding carboxylic acids is 1. The molecule has 3 heterocycles. The predicted octanol–water partition coefficient (Wildman–Crippen LogP) is 0.657. The van der Waals surface area contributed by atoms with Crippen molar-refractivity contribution in [2.75, 3.05) is 18.5 Å². The van der Waals surface area contributed by atoms with Crippen molar-refractivity contribution in [1.82, 2.24) is 15.5 Å². The standard InChI is InChI=1S/C14H20N4O2/c1-9-3-6-13(17-16-9)18-8-7-11-10(18)4-5-12(20-11)14(19)15-2/h3,6,10-12H,4-5,7-8H2,1-2H3,(H,15,19)/t10-,11+,12+/m0/s1. The number of amides is 1. The van der Waals surface area contributed by atoms with Crippen molar-refractivity contribution in [1.29, 1.82) is 0 Å². The molecule has 1 N–H and O–H groups in total. The van der Waals surface area contributed by atoms with Crippen molar-refractivity contribution in [3.05, 3.63) is 17.8 Å². The zero-order valence-corrected chi connectivity index (χ0v) is 11.9. The highest BCUT2D eigenvalue weighted by Gasteiger charge is 2.42. The van der Waals surface area contributed by atoms with Crippen LogP contribution in [0.5, 0.6) is 0 Å². The van der Waals surface area contributed by atoms with Gasteiger partial charge >= 0.3 is 0 Å². The first-order valence-corrected chi connectivity index (χ1v) is 7.13. The van der Waals surface area contributed by atoms with E-state index < -0.39 is 0 Å². The maximum atomic E-state index is 11.7. The van der Waals surface area contributed by atoms with Crippen LogP contribution in [0.1, 0.15) is 25.0 Å². The largest absolute Gasteiger partial charge is 0.363 e. The minimum absolute atomic E-state index is 0.0166. The van der Waals surface area contributed by atoms with Crippen LogP contribution in [0.3, 0.4) is 0 Å². The van der Waals surface area contributed by atoms with Gasteiger partial charge in [-0.05, 0) is 38.3 Å². The minimum atomic E-state index is -0.301. The van der Waals surface area contributed by atoms with Crippen LogP contribution in [0.15, 0.2) is 12.1 Å². The molecular formula is C14H20N4O2. The molecule has 0 aliphatic carbocycles. The fourth-order valence-electron chi connectivity index (χ4n) is 3.11. The maximum absolute atomic E-state index is 11.7. The zero-order chi connectivity index (χ0) is 14.1. The van der Waals surface area contributed by atoms with E-state index in [-0.39, 0.29) is 18.1 Å². The van der Waals surface area contributed by atoms with E-state index in [2.05, 4.69) is 20.4 Å². The van der Waals surface area contributed by atoms with Gasteiger partial charge in [0.1, 0.15) is 6.10 Å². The van der Waals surface area contributed by atoms with E-state index in [1.807, 2.05) is 19.1 Å². The predicted molar refractivity (Wildman–Crippen MR) is 74.5 cm³/mol. The number of fused-ring (bicyclic) bond motifs is 1. The van der Waals surface area contributed by atoms with Gasteiger partial charge in [0.2, 0.25) is 5.91 Å². The molecule has 0 radical (unpaired) electrons. The van der Waals surface area contributed by atoms with Crippen molar-refractivity contribution >= 4 is 11.7 Å². The van der Waals surface area contributed by atoms with Crippen LogP contribution < -0.4 is 10.2 Å². The molecule has 2 aliphatic rings. The highest BCUT2D eigenvalue weighted by Crippen LogP contribution is 2.33. The molecule has 2 saturated heterocycles. The van der Waals surface area contributed by atoms with Crippen LogP contribution in [0, 0.1) is 6.92 Å². The van der Waals surface area contributed by atoms with Crippen LogP contribution in [-0.2, 0) is 9.53 Å². The van der Waals surface area contributed by atoms with Crippen LogP contribution in [-0.4, -0.2) is 47.9 Å². The van der Waals surface area contributed by atoms with Crippen LogP contribution >= 0.6 is 0 Å². The number of likely N-dealkylation sites (N-methyl/N-ethyl adjacent to an activating group) is 1. The third kappa shape index (κ3) is 2.35. The van der Waals surface area contributed by atoms with Gasteiger partial charge in [-0.1, -0.05) is 0 Å². The molecule has 0 unspecified atom stereocenters. The van der Waals surface area contributed by atoms with E-state index in [1.165, 1.54) is 0 Å². The lowest BCUT2D eigenvalue weighted by molar-refractivity contribution is -0.141. The Balaban J connectivity index is 1.71. The van der Waals surface area contributed by atoms with Crippen molar-refractivity contribution < 1.29 is 9.53 Å². The van der Waals surface area contributed by atoms with Crippen molar-refractivity contribution in [3.63, 3.8) is 0 Å². The maximum Gasteiger partial charge on any atom is 0.248 e. The summed E-state index contributed by atoms with van der Waals surface area (Å²) in [5.41, 5.74) is 0.920. The van der Waals surface area contributed by atoms with E-state index >= 15 is 0 Å². The van der Waals surface area contributed by atoms with Crippen LogP contribution in [0.25, 0.3) is 0 Å². The fourth-order valence-corrected chi connectivity index (χ4v) is 3.11. The number of nitrogens with zero attached hydrogens (tertiary/aromatic N) is 3. The summed E-state index contributed by atoms with van der Waals surface area (Å²) < 4.78 is 5.94. The lowest BCUT2D eigenvalue weighted by Crippen LogP contribution is -2.47. The van der Waals surface area contributed by atoms with E-state index in [0.717, 1.165) is 37.3 Å². The number of aryl methyl sites for hydroxylation is 1. The Kier molecular flexibility index (Phi) is 3.56. The number of anilines is 1. The normalized spacial score (nSPS) is 29.1. The fraction of sp³-hybridized carbons (Fsp3) is 0.643. The van der Waals surface area contributed by atoms with Crippen LogP contribution in [0.2, 0.25) is 0 Å². The van der Waals surface area contributed by atoms with E-state index in [4.69, 9.17) is 4.74 Å². The quantitative estimate of drug-likeness (QED) is 0.859. The molecule has 0 bridgehead atoms. The summed E-state index contributed by atoms with van der Waals surface area (Å²) in [6.45, 7) is 2.84. The Hall–Kier alpha value is -1.69. The SMILES string of the molecule is CNC(=O)[C@H]1CC[C@H]2[C@@H](CCN2c2ccc(C)nn2)O1. The number of ether oxygens (including phenoxy) is 1. The minimum Gasteiger partial charge on any atom is -0.363 e. The Morgan fingerprint density at radius 3 is 2.90 bits per heavy atom. The first-order valence-electron chi connectivity index (χ1n) is 7.13. The lowest BCUT2D eigenvalue weighted by atomic mass is 9.98. The number of aromatic nitrogens is 2. The van der Waals surface area contributed by atoms with Gasteiger partial charge in [-0.15, -0.1) is 5.10 Å². The average molecular weight is 276 g/mol. The summed E-state index contributed by atoms with van der Waals surface area (Å²) >= 11 is 0. The Bertz CT molecular complexity index is 490. The summed E-state index contributed by atoms with van der Waals surface area (Å²) in [5.74, 6) is 0.891. The molecule has 6 heteroatoms. The van der Waals surface area contributed by atoms with Gasteiger partial charge in [-0.3, -0.25) is 4.79 Å². The number of carbonyl (C=O) groups is 1. The summed E-state index contributed by atoms with van der Waals surface area (Å²) in [6, 6.07) is 4.30. The van der Waals surface area contributed by atoms with E-state index in [0.29, 0.717) is 6.04 Å². The molecule has 20 heavy (non-hydrogen) atoms. The van der Waals surface area contributed by atoms with E-state index in [9.17, 15) is 4.79 Å². The molecule has 1 amide bonds. The average Bonchev–Trinajstić information content (AvgIpc) is 2.90. The molecule has 1 aromatic rings. The van der Waals surface area contributed by atoms with Gasteiger partial charge < -0.3 is 15.0 Å². The van der Waals surface area contributed by atoms with Gasteiger partial charge in [0.25, 0.3) is 0 Å². The molecule has 6 nitrogen and oxygen atoms in total. The van der Waals surface area contributed by atoms with Crippen LogP contribution in [0.4, 0.5) is 5.82 Å². The second-order valence-electron chi connectivity index (χ2n) is 5.44. The third-order valence-electron chi connectivity index (χ3n) is 4.16. The first-order chi connectivity index (χ1) is 9.69. The number of hydrogen-bond donors (Lipinski definition) is 1. The number of nitrogens with one attached hydrogen (secondary N) is 1. The highest BCUT2D eigenvalue weighted by atomic mass is 16.5. The monoisotopic (exact) mass is 276 g/mol. The molecule has 108 valence electrons. The Morgan fingerprint density at radius 1 is 1.35 bits per heavy atom. The summed E-state index contributed by atoms with van der Waals surface area (Å²) in [4.78, 5) is 13.9. The Labute approximate surface area is 118 Å². The summed E-state index contributed by atoms with van der Waals surface area (Å²) in [6.07, 6.45) is 2.47. The van der Waals surface area contributed by atoms with Crippen molar-refractivity contribution in [3.8, 4) is 0 Å². The molecule has 2 aliphatic heterocycles.